The van der Waals surface area contributed by atoms with Gasteiger partial charge >= 0.3 is 0 Å². The Morgan fingerprint density at radius 2 is 1.71 bits per heavy atom. The number of nitrogens with zero attached hydrogens (tertiary/aromatic N) is 3. The maximum atomic E-state index is 12.3. The van der Waals surface area contributed by atoms with Crippen LogP contribution < -0.4 is 10.2 Å². The molecule has 1 amide bonds. The molecule has 24 heavy (non-hydrogen) atoms. The molecular weight excluding hydrogens is 368 g/mol. The van der Waals surface area contributed by atoms with Crippen LogP contribution >= 0.6 is 15.9 Å². The second-order valence-corrected chi connectivity index (χ2v) is 5.94. The lowest BCUT2D eigenvalue weighted by atomic mass is 10.3. The molecular formula is C18H15BrN4O. The molecule has 0 spiro atoms. The van der Waals surface area contributed by atoms with Gasteiger partial charge in [0, 0.05) is 17.2 Å². The minimum Gasteiger partial charge on any atom is -0.328 e. The van der Waals surface area contributed by atoms with E-state index in [-0.39, 0.29) is 11.6 Å². The number of aromatic nitrogens is 2. The standard InChI is InChI=1S/C18H15BrN4O/c1-23(13-7-3-2-4-8-13)17-12-20-16(11-21-17)18(24)22-15-10-6-5-9-14(15)19/h2-12H,1H3,(H,22,24). The lowest BCUT2D eigenvalue weighted by molar-refractivity contribution is 0.102. The molecule has 3 rings (SSSR count). The molecule has 3 aromatic rings. The molecule has 1 aromatic heterocycles. The van der Waals surface area contributed by atoms with Crippen molar-refractivity contribution in [3.05, 3.63) is 77.2 Å². The number of benzene rings is 2. The highest BCUT2D eigenvalue weighted by Gasteiger charge is 2.11. The summed E-state index contributed by atoms with van der Waals surface area (Å²) in [6, 6.07) is 17.2. The van der Waals surface area contributed by atoms with Crippen LogP contribution in [0.25, 0.3) is 0 Å². The van der Waals surface area contributed by atoms with Crippen molar-refractivity contribution in [1.29, 1.82) is 0 Å². The quantitative estimate of drug-likeness (QED) is 0.732. The second kappa shape index (κ2) is 7.23. The molecule has 5 nitrogen and oxygen atoms in total. The number of halogens is 1. The predicted molar refractivity (Wildman–Crippen MR) is 98.6 cm³/mol. The molecule has 1 N–H and O–H groups in total. The molecule has 0 atom stereocenters. The third-order valence-electron chi connectivity index (χ3n) is 3.48. The van der Waals surface area contributed by atoms with Gasteiger partial charge < -0.3 is 10.2 Å². The van der Waals surface area contributed by atoms with E-state index in [0.29, 0.717) is 11.5 Å². The number of carbonyl (C=O) groups excluding carboxylic acids is 1. The topological polar surface area (TPSA) is 58.1 Å². The smallest absolute Gasteiger partial charge is 0.275 e. The van der Waals surface area contributed by atoms with Gasteiger partial charge in [0.25, 0.3) is 5.91 Å². The molecule has 6 heteroatoms. The van der Waals surface area contributed by atoms with Crippen molar-refractivity contribution in [2.24, 2.45) is 0 Å². The van der Waals surface area contributed by atoms with Gasteiger partial charge in [-0.15, -0.1) is 0 Å². The van der Waals surface area contributed by atoms with E-state index < -0.39 is 0 Å². The van der Waals surface area contributed by atoms with Crippen molar-refractivity contribution in [3.8, 4) is 0 Å². The third-order valence-corrected chi connectivity index (χ3v) is 4.17. The number of anilines is 3. The zero-order valence-electron chi connectivity index (χ0n) is 13.0. The predicted octanol–water partition coefficient (Wildman–Crippen LogP) is 4.26. The Morgan fingerprint density at radius 3 is 2.38 bits per heavy atom. The highest BCUT2D eigenvalue weighted by atomic mass is 79.9. The largest absolute Gasteiger partial charge is 0.328 e. The van der Waals surface area contributed by atoms with Crippen molar-refractivity contribution in [2.45, 2.75) is 0 Å². The van der Waals surface area contributed by atoms with E-state index in [1.54, 1.807) is 6.20 Å². The third kappa shape index (κ3) is 3.60. The maximum absolute atomic E-state index is 12.3. The number of carbonyl (C=O) groups is 1. The van der Waals surface area contributed by atoms with Crippen LogP contribution in [0.15, 0.2) is 71.5 Å². The van der Waals surface area contributed by atoms with Gasteiger partial charge in [-0.2, -0.15) is 0 Å². The van der Waals surface area contributed by atoms with Crippen molar-refractivity contribution >= 4 is 39.0 Å². The molecule has 0 radical (unpaired) electrons. The summed E-state index contributed by atoms with van der Waals surface area (Å²) >= 11 is 3.40. The molecule has 0 aliphatic carbocycles. The Hall–Kier alpha value is -2.73. The molecule has 0 bridgehead atoms. The van der Waals surface area contributed by atoms with Crippen LogP contribution in [0.3, 0.4) is 0 Å². The number of hydrogen-bond acceptors (Lipinski definition) is 4. The van der Waals surface area contributed by atoms with E-state index in [1.807, 2.05) is 66.5 Å². The van der Waals surface area contributed by atoms with E-state index in [2.05, 4.69) is 31.2 Å². The zero-order chi connectivity index (χ0) is 16.9. The number of para-hydroxylation sites is 2. The fourth-order valence-electron chi connectivity index (χ4n) is 2.14. The second-order valence-electron chi connectivity index (χ2n) is 5.09. The van der Waals surface area contributed by atoms with E-state index in [9.17, 15) is 4.79 Å². The molecule has 0 saturated carbocycles. The summed E-state index contributed by atoms with van der Waals surface area (Å²) in [5.41, 5.74) is 1.95. The minimum atomic E-state index is -0.302. The van der Waals surface area contributed by atoms with Gasteiger partial charge in [0.05, 0.1) is 18.1 Å². The van der Waals surface area contributed by atoms with Gasteiger partial charge in [0.15, 0.2) is 5.82 Å². The molecule has 0 saturated heterocycles. The SMILES string of the molecule is CN(c1ccccc1)c1cnc(C(=O)Nc2ccccc2Br)cn1. The van der Waals surface area contributed by atoms with Crippen LogP contribution in [0.2, 0.25) is 0 Å². The summed E-state index contributed by atoms with van der Waals surface area (Å²) in [7, 11) is 1.90. The van der Waals surface area contributed by atoms with Gasteiger partial charge in [-0.3, -0.25) is 4.79 Å². The zero-order valence-corrected chi connectivity index (χ0v) is 14.6. The first-order chi connectivity index (χ1) is 11.6. The highest BCUT2D eigenvalue weighted by Crippen LogP contribution is 2.22. The van der Waals surface area contributed by atoms with Gasteiger partial charge in [0.1, 0.15) is 5.69 Å². The van der Waals surface area contributed by atoms with Crippen LogP contribution in [-0.4, -0.2) is 22.9 Å². The van der Waals surface area contributed by atoms with Crippen LogP contribution in [0.5, 0.6) is 0 Å². The van der Waals surface area contributed by atoms with E-state index in [0.717, 1.165) is 10.2 Å². The lowest BCUT2D eigenvalue weighted by Gasteiger charge is -2.17. The number of rotatable bonds is 4. The Kier molecular flexibility index (Phi) is 4.86. The molecule has 1 heterocycles. The molecule has 0 unspecified atom stereocenters. The Morgan fingerprint density at radius 1 is 1.00 bits per heavy atom. The average Bonchev–Trinajstić information content (AvgIpc) is 2.64. The molecule has 120 valence electrons. The van der Waals surface area contributed by atoms with Gasteiger partial charge in [0.2, 0.25) is 0 Å². The summed E-state index contributed by atoms with van der Waals surface area (Å²) < 4.78 is 0.812. The Labute approximate surface area is 148 Å². The Balaban J connectivity index is 1.75. The summed E-state index contributed by atoms with van der Waals surface area (Å²) in [4.78, 5) is 22.7. The van der Waals surface area contributed by atoms with Crippen LogP contribution in [-0.2, 0) is 0 Å². The van der Waals surface area contributed by atoms with Crippen molar-refractivity contribution in [2.75, 3.05) is 17.3 Å². The first-order valence-corrected chi connectivity index (χ1v) is 8.11. The lowest BCUT2D eigenvalue weighted by Crippen LogP contribution is -2.16. The summed E-state index contributed by atoms with van der Waals surface area (Å²) in [5.74, 6) is 0.363. The maximum Gasteiger partial charge on any atom is 0.275 e. The van der Waals surface area contributed by atoms with Crippen LogP contribution in [0.4, 0.5) is 17.2 Å². The molecule has 0 aliphatic heterocycles. The van der Waals surface area contributed by atoms with Gasteiger partial charge in [-0.1, -0.05) is 30.3 Å². The van der Waals surface area contributed by atoms with Crippen LogP contribution in [0, 0.1) is 0 Å². The van der Waals surface area contributed by atoms with Crippen molar-refractivity contribution in [3.63, 3.8) is 0 Å². The molecule has 0 fully saturated rings. The van der Waals surface area contributed by atoms with Crippen LogP contribution in [0.1, 0.15) is 10.5 Å². The highest BCUT2D eigenvalue weighted by molar-refractivity contribution is 9.10. The first-order valence-electron chi connectivity index (χ1n) is 7.32. The van der Waals surface area contributed by atoms with Gasteiger partial charge in [-0.25, -0.2) is 9.97 Å². The minimum absolute atomic E-state index is 0.260. The normalized spacial score (nSPS) is 10.2. The van der Waals surface area contributed by atoms with E-state index in [4.69, 9.17) is 0 Å². The van der Waals surface area contributed by atoms with Gasteiger partial charge in [-0.05, 0) is 40.2 Å². The van der Waals surface area contributed by atoms with E-state index >= 15 is 0 Å². The number of nitrogens with one attached hydrogen (secondary N) is 1. The number of hydrogen-bond donors (Lipinski definition) is 1. The monoisotopic (exact) mass is 382 g/mol. The first kappa shape index (κ1) is 16.1. The van der Waals surface area contributed by atoms with E-state index in [1.165, 1.54) is 6.20 Å². The summed E-state index contributed by atoms with van der Waals surface area (Å²) in [6.07, 6.45) is 3.06. The summed E-state index contributed by atoms with van der Waals surface area (Å²) in [5, 5.41) is 2.80. The molecule has 2 aromatic carbocycles. The summed E-state index contributed by atoms with van der Waals surface area (Å²) in [6.45, 7) is 0. The van der Waals surface area contributed by atoms with Crippen molar-refractivity contribution in [1.82, 2.24) is 9.97 Å². The average molecular weight is 383 g/mol. The Bertz CT molecular complexity index is 837. The number of amides is 1. The fraction of sp³-hybridized carbons (Fsp3) is 0.0556. The molecule has 0 aliphatic rings. The van der Waals surface area contributed by atoms with Crippen molar-refractivity contribution < 1.29 is 4.79 Å². The fourth-order valence-corrected chi connectivity index (χ4v) is 2.53.